The Labute approximate surface area is 76.3 Å². The third kappa shape index (κ3) is 1.37. The molecule has 1 aliphatic carbocycles. The third-order valence-corrected chi connectivity index (χ3v) is 2.38. The molecule has 0 spiro atoms. The van der Waals surface area contributed by atoms with Gasteiger partial charge in [0, 0.05) is 5.56 Å². The summed E-state index contributed by atoms with van der Waals surface area (Å²) in [6, 6.07) is 5.21. The van der Waals surface area contributed by atoms with Gasteiger partial charge < -0.3 is 10.3 Å². The van der Waals surface area contributed by atoms with E-state index in [0.717, 1.165) is 30.4 Å². The van der Waals surface area contributed by atoms with E-state index >= 15 is 0 Å². The summed E-state index contributed by atoms with van der Waals surface area (Å²) in [4.78, 5) is 0. The van der Waals surface area contributed by atoms with Crippen molar-refractivity contribution in [2.24, 2.45) is 5.16 Å². The highest BCUT2D eigenvalue weighted by atomic mass is 16.4. The summed E-state index contributed by atoms with van der Waals surface area (Å²) in [5.41, 5.74) is 2.71. The van der Waals surface area contributed by atoms with Crippen molar-refractivity contribution in [1.29, 1.82) is 0 Å². The van der Waals surface area contributed by atoms with Crippen molar-refractivity contribution < 1.29 is 10.3 Å². The van der Waals surface area contributed by atoms with Gasteiger partial charge in [0.05, 0.1) is 5.71 Å². The highest BCUT2D eigenvalue weighted by Crippen LogP contribution is 2.25. The second kappa shape index (κ2) is 3.09. The highest BCUT2D eigenvalue weighted by molar-refractivity contribution is 6.02. The van der Waals surface area contributed by atoms with Crippen LogP contribution in [-0.4, -0.2) is 16.0 Å². The van der Waals surface area contributed by atoms with Gasteiger partial charge in [-0.3, -0.25) is 0 Å². The first kappa shape index (κ1) is 8.10. The SMILES string of the molecule is O/N=C1\CCCc2ccc(O)cc21. The molecular weight excluding hydrogens is 166 g/mol. The number of benzene rings is 1. The molecule has 0 aromatic heterocycles. The van der Waals surface area contributed by atoms with Gasteiger partial charge in [0.2, 0.25) is 0 Å². The number of aryl methyl sites for hydroxylation is 1. The van der Waals surface area contributed by atoms with Gasteiger partial charge in [-0.15, -0.1) is 0 Å². The Bertz CT molecular complexity index is 358. The zero-order valence-corrected chi connectivity index (χ0v) is 7.20. The molecular formula is C10H11NO2. The predicted molar refractivity (Wildman–Crippen MR) is 49.4 cm³/mol. The number of oxime groups is 1. The number of fused-ring (bicyclic) bond motifs is 1. The Kier molecular flexibility index (Phi) is 1.93. The van der Waals surface area contributed by atoms with Gasteiger partial charge >= 0.3 is 0 Å². The largest absolute Gasteiger partial charge is 0.508 e. The molecule has 2 rings (SSSR count). The van der Waals surface area contributed by atoms with Crippen molar-refractivity contribution in [2.75, 3.05) is 0 Å². The summed E-state index contributed by atoms with van der Waals surface area (Å²) < 4.78 is 0. The van der Waals surface area contributed by atoms with Crippen LogP contribution in [0.25, 0.3) is 0 Å². The molecule has 0 unspecified atom stereocenters. The van der Waals surface area contributed by atoms with Gasteiger partial charge in [0.1, 0.15) is 5.75 Å². The summed E-state index contributed by atoms with van der Waals surface area (Å²) >= 11 is 0. The van der Waals surface area contributed by atoms with Crippen LogP contribution in [0, 0.1) is 0 Å². The van der Waals surface area contributed by atoms with Gasteiger partial charge in [-0.25, -0.2) is 0 Å². The number of phenols is 1. The lowest BCUT2D eigenvalue weighted by Crippen LogP contribution is -2.11. The molecule has 0 aliphatic heterocycles. The molecule has 1 aliphatic rings. The van der Waals surface area contributed by atoms with Gasteiger partial charge in [0.15, 0.2) is 0 Å². The molecule has 0 atom stereocenters. The van der Waals surface area contributed by atoms with E-state index in [2.05, 4.69) is 5.16 Å². The second-order valence-corrected chi connectivity index (χ2v) is 3.24. The number of rotatable bonds is 0. The molecule has 3 heteroatoms. The van der Waals surface area contributed by atoms with Crippen LogP contribution in [0.4, 0.5) is 0 Å². The molecule has 13 heavy (non-hydrogen) atoms. The molecule has 2 N–H and O–H groups in total. The van der Waals surface area contributed by atoms with E-state index in [1.54, 1.807) is 12.1 Å². The molecule has 3 nitrogen and oxygen atoms in total. The fraction of sp³-hybridized carbons (Fsp3) is 0.300. The molecule has 0 fully saturated rings. The van der Waals surface area contributed by atoms with Crippen molar-refractivity contribution in [1.82, 2.24) is 0 Å². The summed E-state index contributed by atoms with van der Waals surface area (Å²) in [6.07, 6.45) is 2.79. The fourth-order valence-electron chi connectivity index (χ4n) is 1.74. The van der Waals surface area contributed by atoms with Crippen LogP contribution in [0.5, 0.6) is 5.75 Å². The second-order valence-electron chi connectivity index (χ2n) is 3.24. The minimum atomic E-state index is 0.224. The first-order valence-corrected chi connectivity index (χ1v) is 4.34. The Morgan fingerprint density at radius 3 is 2.85 bits per heavy atom. The average molecular weight is 177 g/mol. The van der Waals surface area contributed by atoms with Crippen molar-refractivity contribution >= 4 is 5.71 Å². The van der Waals surface area contributed by atoms with Gasteiger partial charge in [-0.1, -0.05) is 11.2 Å². The van der Waals surface area contributed by atoms with Crippen LogP contribution >= 0.6 is 0 Å². The standard InChI is InChI=1S/C10H11NO2/c12-8-5-4-7-2-1-3-10(11-13)9(7)6-8/h4-6,12-13H,1-3H2/b11-10+. The zero-order chi connectivity index (χ0) is 9.26. The molecule has 1 aromatic carbocycles. The van der Waals surface area contributed by atoms with Crippen molar-refractivity contribution in [3.63, 3.8) is 0 Å². The molecule has 0 heterocycles. The molecule has 0 saturated carbocycles. The van der Waals surface area contributed by atoms with Crippen molar-refractivity contribution in [3.8, 4) is 5.75 Å². The van der Waals surface area contributed by atoms with Crippen LogP contribution in [-0.2, 0) is 6.42 Å². The lowest BCUT2D eigenvalue weighted by molar-refractivity contribution is 0.317. The lowest BCUT2D eigenvalue weighted by atomic mass is 9.90. The van der Waals surface area contributed by atoms with Gasteiger partial charge in [-0.2, -0.15) is 0 Å². The summed E-state index contributed by atoms with van der Waals surface area (Å²) in [5.74, 6) is 0.224. The molecule has 0 amide bonds. The smallest absolute Gasteiger partial charge is 0.116 e. The summed E-state index contributed by atoms with van der Waals surface area (Å²) in [6.45, 7) is 0. The minimum Gasteiger partial charge on any atom is -0.508 e. The van der Waals surface area contributed by atoms with Crippen LogP contribution < -0.4 is 0 Å². The van der Waals surface area contributed by atoms with E-state index in [1.807, 2.05) is 6.07 Å². The number of aromatic hydroxyl groups is 1. The van der Waals surface area contributed by atoms with Crippen LogP contribution in [0.1, 0.15) is 24.0 Å². The van der Waals surface area contributed by atoms with E-state index in [4.69, 9.17) is 5.21 Å². The molecule has 68 valence electrons. The Balaban J connectivity index is 2.54. The van der Waals surface area contributed by atoms with Crippen LogP contribution in [0.2, 0.25) is 0 Å². The monoisotopic (exact) mass is 177 g/mol. The van der Waals surface area contributed by atoms with Crippen molar-refractivity contribution in [3.05, 3.63) is 29.3 Å². The molecule has 0 bridgehead atoms. The Hall–Kier alpha value is -1.51. The van der Waals surface area contributed by atoms with E-state index < -0.39 is 0 Å². The Morgan fingerprint density at radius 2 is 2.08 bits per heavy atom. The first-order valence-electron chi connectivity index (χ1n) is 4.34. The fourth-order valence-corrected chi connectivity index (χ4v) is 1.74. The van der Waals surface area contributed by atoms with E-state index in [9.17, 15) is 5.11 Å². The quantitative estimate of drug-likeness (QED) is 0.469. The van der Waals surface area contributed by atoms with Crippen LogP contribution in [0.15, 0.2) is 23.4 Å². The predicted octanol–water partition coefficient (Wildman–Crippen LogP) is 1.91. The minimum absolute atomic E-state index is 0.224. The number of nitrogens with zero attached hydrogens (tertiary/aromatic N) is 1. The summed E-state index contributed by atoms with van der Waals surface area (Å²) in [5, 5.41) is 21.2. The zero-order valence-electron chi connectivity index (χ0n) is 7.20. The van der Waals surface area contributed by atoms with Crippen molar-refractivity contribution in [2.45, 2.75) is 19.3 Å². The molecule has 0 saturated heterocycles. The number of hydrogen-bond donors (Lipinski definition) is 2. The number of phenolic OH excluding ortho intramolecular Hbond substituents is 1. The van der Waals surface area contributed by atoms with Gasteiger partial charge in [-0.05, 0) is 37.0 Å². The lowest BCUT2D eigenvalue weighted by Gasteiger charge is -2.16. The maximum atomic E-state index is 9.26. The van der Waals surface area contributed by atoms with Gasteiger partial charge in [0.25, 0.3) is 0 Å². The summed E-state index contributed by atoms with van der Waals surface area (Å²) in [7, 11) is 0. The topological polar surface area (TPSA) is 52.8 Å². The molecule has 1 aromatic rings. The third-order valence-electron chi connectivity index (χ3n) is 2.38. The maximum absolute atomic E-state index is 9.26. The molecule has 0 radical (unpaired) electrons. The average Bonchev–Trinajstić information content (AvgIpc) is 2.17. The van der Waals surface area contributed by atoms with Crippen LogP contribution in [0.3, 0.4) is 0 Å². The van der Waals surface area contributed by atoms with E-state index in [0.29, 0.717) is 5.71 Å². The highest BCUT2D eigenvalue weighted by Gasteiger charge is 2.15. The van der Waals surface area contributed by atoms with E-state index in [-0.39, 0.29) is 5.75 Å². The maximum Gasteiger partial charge on any atom is 0.116 e. The Morgan fingerprint density at radius 1 is 1.23 bits per heavy atom. The first-order chi connectivity index (χ1) is 6.31. The van der Waals surface area contributed by atoms with E-state index in [1.165, 1.54) is 0 Å². The number of hydrogen-bond acceptors (Lipinski definition) is 3. The normalized spacial score (nSPS) is 18.6.